The minimum absolute atomic E-state index is 0.0349. The van der Waals surface area contributed by atoms with Gasteiger partial charge in [-0.2, -0.15) is 42.1 Å². The van der Waals surface area contributed by atoms with Gasteiger partial charge in [-0.25, -0.2) is 0 Å². The molecule has 5 aromatic carbocycles. The fourth-order valence-corrected chi connectivity index (χ4v) is 6.81. The van der Waals surface area contributed by atoms with Gasteiger partial charge in [0, 0.05) is 16.9 Å². The van der Waals surface area contributed by atoms with E-state index in [1.54, 1.807) is 0 Å². The van der Waals surface area contributed by atoms with Crippen LogP contribution in [0.1, 0.15) is 67.1 Å². The van der Waals surface area contributed by atoms with Crippen LogP contribution < -0.4 is 0 Å². The molecule has 0 aliphatic rings. The van der Waals surface area contributed by atoms with Gasteiger partial charge in [-0.15, -0.1) is 0 Å². The van der Waals surface area contributed by atoms with Crippen molar-refractivity contribution in [2.24, 2.45) is 0 Å². The third-order valence-corrected chi connectivity index (χ3v) is 8.81. The monoisotopic (exact) mass is 649 g/mol. The number of para-hydroxylation sites is 3. The van der Waals surface area contributed by atoms with Crippen molar-refractivity contribution < 1.29 is 4.42 Å². The first-order valence-electron chi connectivity index (χ1n) is 15.1. The van der Waals surface area contributed by atoms with Crippen molar-refractivity contribution in [2.45, 2.75) is 5.92 Å². The lowest BCUT2D eigenvalue weighted by Crippen LogP contribution is -2.13. The molecule has 0 fully saturated rings. The zero-order valence-electron chi connectivity index (χ0n) is 26.1. The molecule has 0 amide bonds. The molecule has 0 saturated heterocycles. The summed E-state index contributed by atoms with van der Waals surface area (Å²) in [6.07, 6.45) is 0. The summed E-state index contributed by atoms with van der Waals surface area (Å²) in [4.78, 5) is 0. The first kappa shape index (κ1) is 31.0. The smallest absolute Gasteiger partial charge is 0.213 e. The molecule has 0 atom stereocenters. The highest BCUT2D eigenvalue weighted by Gasteiger charge is 2.32. The van der Waals surface area contributed by atoms with Crippen molar-refractivity contribution in [1.82, 2.24) is 4.40 Å². The second-order valence-corrected chi connectivity index (χ2v) is 11.4. The third kappa shape index (κ3) is 4.65. The van der Waals surface area contributed by atoms with Gasteiger partial charge in [-0.05, 0) is 71.3 Å². The van der Waals surface area contributed by atoms with Crippen LogP contribution in [0.25, 0.3) is 38.8 Å². The quantitative estimate of drug-likeness (QED) is 0.171. The largest absolute Gasteiger partial charge is 0.438 e. The number of rotatable bonds is 4. The van der Waals surface area contributed by atoms with Gasteiger partial charge in [0.05, 0.1) is 110 Å². The summed E-state index contributed by atoms with van der Waals surface area (Å²) in [5.41, 5.74) is 3.50. The number of nitriles is 8. The van der Waals surface area contributed by atoms with E-state index in [2.05, 4.69) is 12.1 Å². The average molecular weight is 650 g/mol. The highest BCUT2D eigenvalue weighted by atomic mass is 16.3. The molecule has 0 unspecified atom stereocenters. The zero-order chi connectivity index (χ0) is 35.8. The second kappa shape index (κ2) is 12.2. The van der Waals surface area contributed by atoms with Gasteiger partial charge in [0.1, 0.15) is 0 Å². The van der Waals surface area contributed by atoms with Crippen molar-refractivity contribution >= 4 is 27.7 Å². The van der Waals surface area contributed by atoms with Crippen LogP contribution in [-0.2, 0) is 0 Å². The molecule has 0 aliphatic carbocycles. The molecular formula is C41H15N9O. The van der Waals surface area contributed by atoms with Crippen LogP contribution in [-0.4, -0.2) is 4.40 Å². The summed E-state index contributed by atoms with van der Waals surface area (Å²) in [6, 6.07) is 39.6. The maximum absolute atomic E-state index is 10.7. The molecule has 0 N–H and O–H groups in total. The summed E-state index contributed by atoms with van der Waals surface area (Å²) in [5, 5.41) is 82.7. The highest BCUT2D eigenvalue weighted by molar-refractivity contribution is 6.08. The molecule has 2 aromatic heterocycles. The Morgan fingerprint density at radius 2 is 0.922 bits per heavy atom. The normalized spacial score (nSPS) is 10.4. The Morgan fingerprint density at radius 3 is 1.39 bits per heavy atom. The van der Waals surface area contributed by atoms with Gasteiger partial charge in [0.25, 0.3) is 0 Å². The maximum Gasteiger partial charge on any atom is 0.213 e. The van der Waals surface area contributed by atoms with E-state index in [0.29, 0.717) is 16.9 Å². The highest BCUT2D eigenvalue weighted by Crippen LogP contribution is 2.45. The zero-order valence-corrected chi connectivity index (χ0v) is 26.1. The van der Waals surface area contributed by atoms with Gasteiger partial charge >= 0.3 is 0 Å². The molecule has 2 heterocycles. The number of oxazole rings is 1. The lowest BCUT2D eigenvalue weighted by molar-refractivity contribution is 0.658. The van der Waals surface area contributed by atoms with Gasteiger partial charge in [0.2, 0.25) is 5.71 Å². The van der Waals surface area contributed by atoms with Crippen LogP contribution in [0.5, 0.6) is 0 Å². The van der Waals surface area contributed by atoms with E-state index in [1.165, 1.54) is 36.4 Å². The van der Waals surface area contributed by atoms with Gasteiger partial charge < -0.3 is 4.42 Å². The van der Waals surface area contributed by atoms with Crippen molar-refractivity contribution in [3.05, 3.63) is 146 Å². The van der Waals surface area contributed by atoms with Crippen molar-refractivity contribution in [1.29, 1.82) is 42.1 Å². The average Bonchev–Trinajstić information content (AvgIpc) is 3.71. The summed E-state index contributed by atoms with van der Waals surface area (Å²) in [5.74, 6) is -1.25. The van der Waals surface area contributed by atoms with Crippen LogP contribution in [0.4, 0.5) is 0 Å². The van der Waals surface area contributed by atoms with Crippen LogP contribution in [0, 0.1) is 90.6 Å². The molecule has 51 heavy (non-hydrogen) atoms. The van der Waals surface area contributed by atoms with E-state index in [-0.39, 0.29) is 66.8 Å². The first-order valence-corrected chi connectivity index (χ1v) is 15.1. The standard InChI is InChI=1S/C41H15N9O/c42-15-23-9-26(17-44)36(27(10-23)18-45)39(37-28(19-46)11-24(16-43)12-29(37)20-47)25-13-30(21-48)38(31(14-25)22-49)40-32-5-1-2-6-33(32)50-34-7-3-4-8-35(34)51-41(40)50/h1-14,39H. The van der Waals surface area contributed by atoms with Gasteiger partial charge in [0.15, 0.2) is 5.58 Å². The lowest BCUT2D eigenvalue weighted by atomic mass is 9.75. The molecule has 10 heteroatoms. The third-order valence-electron chi connectivity index (χ3n) is 8.81. The van der Waals surface area contributed by atoms with Crippen molar-refractivity contribution in [3.63, 3.8) is 0 Å². The van der Waals surface area contributed by atoms with Crippen molar-refractivity contribution in [2.75, 3.05) is 0 Å². The SMILES string of the molecule is N#Cc1cc(C#N)c(C(c2cc(C#N)c(-c3c4ccccc4n4c3oc3ccccc34)c(C#N)c2)c2c(C#N)cc(C#N)cc2C#N)c(C#N)c1. The fourth-order valence-electron chi connectivity index (χ4n) is 6.81. The number of fused-ring (bicyclic) bond motifs is 5. The molecule has 0 saturated carbocycles. The molecule has 0 radical (unpaired) electrons. The number of hydrogen-bond donors (Lipinski definition) is 0. The number of hydrogen-bond acceptors (Lipinski definition) is 9. The molecule has 10 nitrogen and oxygen atoms in total. The Labute approximate surface area is 289 Å². The Bertz CT molecular complexity index is 2830. The van der Waals surface area contributed by atoms with Gasteiger partial charge in [-0.1, -0.05) is 30.3 Å². The summed E-state index contributed by atoms with van der Waals surface area (Å²) in [6.45, 7) is 0. The molecular weight excluding hydrogens is 635 g/mol. The van der Waals surface area contributed by atoms with Gasteiger partial charge in [-0.3, -0.25) is 4.40 Å². The Balaban J connectivity index is 1.63. The van der Waals surface area contributed by atoms with Crippen molar-refractivity contribution in [3.8, 4) is 59.7 Å². The van der Waals surface area contributed by atoms with Crippen LogP contribution in [0.2, 0.25) is 0 Å². The molecule has 0 aliphatic heterocycles. The molecule has 7 aromatic rings. The summed E-state index contributed by atoms with van der Waals surface area (Å²) in [7, 11) is 0. The number of nitrogens with zero attached hydrogens (tertiary/aromatic N) is 9. The predicted molar refractivity (Wildman–Crippen MR) is 182 cm³/mol. The van der Waals surface area contributed by atoms with Crippen LogP contribution in [0.3, 0.4) is 0 Å². The van der Waals surface area contributed by atoms with E-state index in [9.17, 15) is 42.1 Å². The number of aromatic nitrogens is 1. The Kier molecular flexibility index (Phi) is 7.40. The Hall–Kier alpha value is -8.64. The molecule has 0 spiro atoms. The molecule has 0 bridgehead atoms. The van der Waals surface area contributed by atoms with E-state index in [1.807, 2.05) is 89.3 Å². The minimum atomic E-state index is -1.25. The topological polar surface area (TPSA) is 208 Å². The first-order chi connectivity index (χ1) is 24.9. The second-order valence-electron chi connectivity index (χ2n) is 11.4. The van der Waals surface area contributed by atoms with Crippen LogP contribution in [0.15, 0.2) is 89.3 Å². The summed E-state index contributed by atoms with van der Waals surface area (Å²) < 4.78 is 8.27. The minimum Gasteiger partial charge on any atom is -0.438 e. The molecule has 230 valence electrons. The van der Waals surface area contributed by atoms with E-state index < -0.39 is 5.92 Å². The molecule has 7 rings (SSSR count). The lowest BCUT2D eigenvalue weighted by Gasteiger charge is -2.24. The number of benzene rings is 5. The Morgan fingerprint density at radius 1 is 0.471 bits per heavy atom. The predicted octanol–water partition coefficient (Wildman–Crippen LogP) is 7.66. The van der Waals surface area contributed by atoms with Crippen LogP contribution >= 0.6 is 0 Å². The summed E-state index contributed by atoms with van der Waals surface area (Å²) >= 11 is 0. The maximum atomic E-state index is 10.7. The fraction of sp³-hybridized carbons (Fsp3) is 0.0244. The van der Waals surface area contributed by atoms with E-state index >= 15 is 0 Å². The van der Waals surface area contributed by atoms with E-state index in [4.69, 9.17) is 4.42 Å². The van der Waals surface area contributed by atoms with E-state index in [0.717, 1.165) is 16.4 Å².